The van der Waals surface area contributed by atoms with Crippen LogP contribution in [-0.2, 0) is 4.79 Å². The Morgan fingerprint density at radius 3 is 2.76 bits per heavy atom. The van der Waals surface area contributed by atoms with Crippen molar-refractivity contribution in [3.8, 4) is 11.5 Å². The minimum Gasteiger partial charge on any atom is -0.486 e. The van der Waals surface area contributed by atoms with Gasteiger partial charge in [0.05, 0.1) is 6.04 Å². The number of fused-ring (bicyclic) bond motifs is 2. The summed E-state index contributed by atoms with van der Waals surface area (Å²) in [6.45, 7) is 5.53. The number of nitrogens with zero attached hydrogens (tertiary/aromatic N) is 2. The second kappa shape index (κ2) is 10.9. The van der Waals surface area contributed by atoms with Crippen LogP contribution < -0.4 is 19.7 Å². The van der Waals surface area contributed by atoms with Gasteiger partial charge in [-0.15, -0.1) is 11.3 Å². The Bertz CT molecular complexity index is 1240. The highest BCUT2D eigenvalue weighted by Crippen LogP contribution is 2.34. The molecule has 0 radical (unpaired) electrons. The molecule has 3 aliphatic rings. The fourth-order valence-corrected chi connectivity index (χ4v) is 6.67. The molecule has 2 N–H and O–H groups in total. The fourth-order valence-electron chi connectivity index (χ4n) is 5.85. The van der Waals surface area contributed by atoms with Crippen molar-refractivity contribution < 1.29 is 19.4 Å². The van der Waals surface area contributed by atoms with E-state index in [9.17, 15) is 9.90 Å². The van der Waals surface area contributed by atoms with Crippen molar-refractivity contribution in [2.75, 3.05) is 50.8 Å². The number of aliphatic hydroxyl groups excluding tert-OH is 1. The number of carbonyl (C=O) groups excluding carboxylic acids is 1. The van der Waals surface area contributed by atoms with Crippen LogP contribution in [0.3, 0.4) is 0 Å². The van der Waals surface area contributed by atoms with Crippen molar-refractivity contribution in [1.29, 1.82) is 0 Å². The van der Waals surface area contributed by atoms with Crippen LogP contribution >= 0.6 is 11.3 Å². The van der Waals surface area contributed by atoms with Gasteiger partial charge in [-0.3, -0.25) is 4.79 Å². The van der Waals surface area contributed by atoms with Gasteiger partial charge in [-0.25, -0.2) is 0 Å². The number of thiophene rings is 1. The monoisotopic (exact) mass is 521 g/mol. The molecule has 1 amide bonds. The normalized spacial score (nSPS) is 21.3. The molecule has 7 nitrogen and oxygen atoms in total. The third-order valence-corrected chi connectivity index (χ3v) is 8.73. The van der Waals surface area contributed by atoms with Crippen LogP contribution in [0.2, 0.25) is 0 Å². The number of ether oxygens (including phenoxy) is 2. The van der Waals surface area contributed by atoms with E-state index in [1.54, 1.807) is 11.3 Å². The average molecular weight is 522 g/mol. The first-order valence-corrected chi connectivity index (χ1v) is 14.3. The summed E-state index contributed by atoms with van der Waals surface area (Å²) < 4.78 is 12.7. The second-order valence-corrected chi connectivity index (χ2v) is 11.4. The Morgan fingerprint density at radius 2 is 1.89 bits per heavy atom. The quantitative estimate of drug-likeness (QED) is 0.463. The number of rotatable bonds is 8. The molecule has 1 aromatic heterocycles. The number of amides is 1. The number of benzene rings is 2. The number of hydrogen-bond acceptors (Lipinski definition) is 7. The lowest BCUT2D eigenvalue weighted by Gasteiger charge is -2.30. The van der Waals surface area contributed by atoms with Crippen LogP contribution in [0.5, 0.6) is 11.5 Å². The number of aliphatic hydroxyl groups is 1. The molecule has 3 aliphatic heterocycles. The van der Waals surface area contributed by atoms with Gasteiger partial charge in [0.2, 0.25) is 5.91 Å². The third kappa shape index (κ3) is 5.56. The van der Waals surface area contributed by atoms with Gasteiger partial charge in [-0.05, 0) is 84.9 Å². The van der Waals surface area contributed by atoms with E-state index >= 15 is 0 Å². The van der Waals surface area contributed by atoms with E-state index in [1.165, 1.54) is 15.8 Å². The molecule has 4 heterocycles. The molecule has 3 atom stereocenters. The van der Waals surface area contributed by atoms with E-state index in [0.29, 0.717) is 43.6 Å². The van der Waals surface area contributed by atoms with Crippen molar-refractivity contribution in [2.45, 2.75) is 37.8 Å². The molecule has 6 rings (SSSR count). The molecule has 0 aliphatic carbocycles. The van der Waals surface area contributed by atoms with E-state index < -0.39 is 6.10 Å². The minimum atomic E-state index is -0.821. The van der Waals surface area contributed by atoms with Crippen molar-refractivity contribution in [2.24, 2.45) is 5.92 Å². The van der Waals surface area contributed by atoms with E-state index in [4.69, 9.17) is 9.47 Å². The first-order valence-electron chi connectivity index (χ1n) is 13.4. The summed E-state index contributed by atoms with van der Waals surface area (Å²) in [5.41, 5.74) is 1.98. The highest BCUT2D eigenvalue weighted by Gasteiger charge is 2.30. The van der Waals surface area contributed by atoms with Gasteiger partial charge in [0, 0.05) is 36.4 Å². The second-order valence-electron chi connectivity index (χ2n) is 10.5. The van der Waals surface area contributed by atoms with Gasteiger partial charge in [0.1, 0.15) is 19.3 Å². The Morgan fingerprint density at radius 1 is 1.05 bits per heavy atom. The van der Waals surface area contributed by atoms with Gasteiger partial charge < -0.3 is 29.7 Å². The lowest BCUT2D eigenvalue weighted by atomic mass is 9.99. The van der Waals surface area contributed by atoms with Crippen molar-refractivity contribution in [1.82, 2.24) is 10.2 Å². The maximum atomic E-state index is 13.2. The predicted octanol–water partition coefficient (Wildman–Crippen LogP) is 4.20. The summed E-state index contributed by atoms with van der Waals surface area (Å²) in [6, 6.07) is 14.0. The Balaban J connectivity index is 1.10. The predicted molar refractivity (Wildman–Crippen MR) is 147 cm³/mol. The number of nitrogens with one attached hydrogen (secondary N) is 1. The molecule has 2 saturated heterocycles. The zero-order chi connectivity index (χ0) is 25.2. The highest BCUT2D eigenvalue weighted by molar-refractivity contribution is 7.17. The lowest BCUT2D eigenvalue weighted by Crippen LogP contribution is -2.47. The summed E-state index contributed by atoms with van der Waals surface area (Å²) in [5, 5.41) is 18.0. The molecule has 3 aromatic rings. The maximum absolute atomic E-state index is 13.2. The van der Waals surface area contributed by atoms with E-state index in [1.807, 2.05) is 18.2 Å². The Hall–Kier alpha value is -2.81. The van der Waals surface area contributed by atoms with Crippen LogP contribution in [0, 0.1) is 5.92 Å². The lowest BCUT2D eigenvalue weighted by molar-refractivity contribution is -0.123. The van der Waals surface area contributed by atoms with Crippen molar-refractivity contribution in [3.63, 3.8) is 0 Å². The number of anilines is 1. The molecular weight excluding hydrogens is 486 g/mol. The van der Waals surface area contributed by atoms with Gasteiger partial charge in [-0.1, -0.05) is 12.1 Å². The Labute approximate surface area is 222 Å². The molecule has 37 heavy (non-hydrogen) atoms. The van der Waals surface area contributed by atoms with Crippen LogP contribution in [0.1, 0.15) is 37.4 Å². The smallest absolute Gasteiger partial charge is 0.220 e. The average Bonchev–Trinajstić information content (AvgIpc) is 3.69. The van der Waals surface area contributed by atoms with Crippen LogP contribution in [0.15, 0.2) is 47.8 Å². The first kappa shape index (κ1) is 24.5. The minimum absolute atomic E-state index is 0.0151. The van der Waals surface area contributed by atoms with Gasteiger partial charge >= 0.3 is 0 Å². The number of hydrogen-bond donors (Lipinski definition) is 2. The molecule has 0 bridgehead atoms. The summed E-state index contributed by atoms with van der Waals surface area (Å²) in [4.78, 5) is 18.0. The van der Waals surface area contributed by atoms with Gasteiger partial charge in [0.15, 0.2) is 11.5 Å². The highest BCUT2D eigenvalue weighted by atomic mass is 32.1. The summed E-state index contributed by atoms with van der Waals surface area (Å²) in [5.74, 6) is 1.67. The molecule has 196 valence electrons. The molecule has 8 heteroatoms. The maximum Gasteiger partial charge on any atom is 0.220 e. The van der Waals surface area contributed by atoms with Crippen molar-refractivity contribution >= 4 is 33.0 Å². The summed E-state index contributed by atoms with van der Waals surface area (Å²) >= 11 is 1.77. The zero-order valence-corrected chi connectivity index (χ0v) is 21.9. The first-order chi connectivity index (χ1) is 18.1. The number of likely N-dealkylation sites (tertiary alicyclic amines) is 1. The number of carbonyl (C=O) groups is 1. The fraction of sp³-hybridized carbons (Fsp3) is 0.483. The van der Waals surface area contributed by atoms with E-state index in [-0.39, 0.29) is 11.9 Å². The standard InChI is InChI=1S/C29H35N3O4S/c33-28(15-20-7-11-32(18-20)23-5-3-21-8-14-37-27(21)17-23)30-24(19-31-9-1-2-10-31)29(34)22-4-6-25-26(16-22)36-13-12-35-25/h3-6,8,14,16-17,20,24,29,34H,1-2,7,9-13,15,18-19H2,(H,30,33)/t20-,24-,29-/m1/s1. The topological polar surface area (TPSA) is 74.3 Å². The van der Waals surface area contributed by atoms with Crippen LogP contribution in [-0.4, -0.2) is 67.9 Å². The van der Waals surface area contributed by atoms with E-state index in [2.05, 4.69) is 44.8 Å². The summed E-state index contributed by atoms with van der Waals surface area (Å²) in [6.07, 6.45) is 2.98. The molecule has 2 aromatic carbocycles. The van der Waals surface area contributed by atoms with Gasteiger partial charge in [-0.2, -0.15) is 0 Å². The zero-order valence-electron chi connectivity index (χ0n) is 21.1. The SMILES string of the molecule is O=C(C[C@H]1CCN(c2ccc3ccsc3c2)C1)N[C@H](CN1CCCC1)[C@H](O)c1ccc2c(c1)OCCO2. The molecule has 0 saturated carbocycles. The van der Waals surface area contributed by atoms with Crippen LogP contribution in [0.4, 0.5) is 5.69 Å². The van der Waals surface area contributed by atoms with E-state index in [0.717, 1.165) is 51.0 Å². The third-order valence-electron chi connectivity index (χ3n) is 7.85. The van der Waals surface area contributed by atoms with Crippen LogP contribution in [0.25, 0.3) is 10.1 Å². The molecular formula is C29H35N3O4S. The largest absolute Gasteiger partial charge is 0.486 e. The summed E-state index contributed by atoms with van der Waals surface area (Å²) in [7, 11) is 0. The molecule has 0 spiro atoms. The molecule has 2 fully saturated rings. The van der Waals surface area contributed by atoms with Crippen molar-refractivity contribution in [3.05, 3.63) is 53.4 Å². The molecule has 0 unspecified atom stereocenters. The Kier molecular flexibility index (Phi) is 7.22. The van der Waals surface area contributed by atoms with Gasteiger partial charge in [0.25, 0.3) is 0 Å².